The summed E-state index contributed by atoms with van der Waals surface area (Å²) >= 11 is 0. The van der Waals surface area contributed by atoms with Gasteiger partial charge >= 0.3 is 0 Å². The number of likely N-dealkylation sites (tertiary alicyclic amines) is 1. The average Bonchev–Trinajstić information content (AvgIpc) is 2.90. The van der Waals surface area contributed by atoms with Gasteiger partial charge in [0.1, 0.15) is 18.1 Å². The maximum absolute atomic E-state index is 13.1. The molecule has 2 aromatic rings. The van der Waals surface area contributed by atoms with Crippen LogP contribution in [0.2, 0.25) is 0 Å². The number of nitrogens with zero attached hydrogens (tertiary/aromatic N) is 3. The Morgan fingerprint density at radius 2 is 1.89 bits per heavy atom. The van der Waals surface area contributed by atoms with Crippen molar-refractivity contribution in [1.82, 2.24) is 14.8 Å². The van der Waals surface area contributed by atoms with Crippen molar-refractivity contribution in [3.8, 4) is 11.6 Å². The Bertz CT molecular complexity index is 956. The molecule has 3 heterocycles. The number of carbonyl (C=O) groups is 1. The van der Waals surface area contributed by atoms with Gasteiger partial charge in [-0.05, 0) is 68.2 Å². The SMILES string of the molecule is CCCCN1CCOc2ccccc2CCCCC2(CCN(C(=O)c3cccc(OC)n3)CC2)C1. The number of ether oxygens (including phenoxy) is 2. The Morgan fingerprint density at radius 1 is 1.06 bits per heavy atom. The number of hydrogen-bond acceptors (Lipinski definition) is 5. The Morgan fingerprint density at radius 3 is 2.69 bits per heavy atom. The van der Waals surface area contributed by atoms with Crippen molar-refractivity contribution in [2.75, 3.05) is 46.4 Å². The number of piperidine rings is 1. The van der Waals surface area contributed by atoms with Gasteiger partial charge in [-0.15, -0.1) is 0 Å². The second-order valence-corrected chi connectivity index (χ2v) is 10.2. The van der Waals surface area contributed by atoms with Gasteiger partial charge in [-0.25, -0.2) is 4.98 Å². The monoisotopic (exact) mass is 479 g/mol. The Balaban J connectivity index is 1.45. The lowest BCUT2D eigenvalue weighted by molar-refractivity contribution is 0.0371. The lowest BCUT2D eigenvalue weighted by Gasteiger charge is -2.45. The molecule has 2 aliphatic heterocycles. The smallest absolute Gasteiger partial charge is 0.272 e. The molecule has 0 atom stereocenters. The summed E-state index contributed by atoms with van der Waals surface area (Å²) in [5, 5.41) is 0. The molecular formula is C29H41N3O3. The minimum Gasteiger partial charge on any atom is -0.492 e. The molecule has 35 heavy (non-hydrogen) atoms. The van der Waals surface area contributed by atoms with Crippen LogP contribution >= 0.6 is 0 Å². The van der Waals surface area contributed by atoms with Gasteiger partial charge in [-0.2, -0.15) is 0 Å². The molecular weight excluding hydrogens is 438 g/mol. The molecule has 0 bridgehead atoms. The summed E-state index contributed by atoms with van der Waals surface area (Å²) in [6, 6.07) is 13.9. The highest BCUT2D eigenvalue weighted by Crippen LogP contribution is 2.38. The number of fused-ring (bicyclic) bond motifs is 1. The summed E-state index contributed by atoms with van der Waals surface area (Å²) in [6.07, 6.45) is 9.16. The van der Waals surface area contributed by atoms with E-state index in [0.29, 0.717) is 11.6 Å². The number of aryl methyl sites for hydroxylation is 1. The summed E-state index contributed by atoms with van der Waals surface area (Å²) in [6.45, 7) is 7.72. The maximum atomic E-state index is 13.1. The lowest BCUT2D eigenvalue weighted by Crippen LogP contribution is -2.49. The summed E-state index contributed by atoms with van der Waals surface area (Å²) in [7, 11) is 1.58. The fourth-order valence-electron chi connectivity index (χ4n) is 5.56. The Kier molecular flexibility index (Phi) is 9.02. The summed E-state index contributed by atoms with van der Waals surface area (Å²) in [5.41, 5.74) is 2.05. The molecule has 190 valence electrons. The summed E-state index contributed by atoms with van der Waals surface area (Å²) < 4.78 is 11.5. The van der Waals surface area contributed by atoms with E-state index in [2.05, 4.69) is 41.1 Å². The van der Waals surface area contributed by atoms with E-state index in [1.807, 2.05) is 11.0 Å². The molecule has 1 aromatic carbocycles. The highest BCUT2D eigenvalue weighted by Gasteiger charge is 2.37. The molecule has 1 amide bonds. The molecule has 1 fully saturated rings. The van der Waals surface area contributed by atoms with Gasteiger partial charge in [0.2, 0.25) is 5.88 Å². The predicted octanol–water partition coefficient (Wildman–Crippen LogP) is 5.22. The minimum atomic E-state index is 0.0137. The van der Waals surface area contributed by atoms with Crippen LogP contribution in [-0.4, -0.2) is 67.1 Å². The van der Waals surface area contributed by atoms with Crippen LogP contribution in [-0.2, 0) is 6.42 Å². The zero-order valence-corrected chi connectivity index (χ0v) is 21.5. The molecule has 6 heteroatoms. The van der Waals surface area contributed by atoms with Crippen LogP contribution < -0.4 is 9.47 Å². The first-order valence-corrected chi connectivity index (χ1v) is 13.4. The molecule has 2 aliphatic rings. The molecule has 4 rings (SSSR count). The van der Waals surface area contributed by atoms with E-state index >= 15 is 0 Å². The fraction of sp³-hybridized carbons (Fsp3) is 0.586. The van der Waals surface area contributed by atoms with E-state index in [9.17, 15) is 4.79 Å². The first kappa shape index (κ1) is 25.5. The lowest BCUT2D eigenvalue weighted by atomic mass is 9.73. The molecule has 0 aliphatic carbocycles. The van der Waals surface area contributed by atoms with Gasteiger partial charge in [-0.3, -0.25) is 9.69 Å². The van der Waals surface area contributed by atoms with Crippen LogP contribution in [0.25, 0.3) is 0 Å². The standard InChI is InChI=1S/C29H41N3O3/c1-3-4-18-31-21-22-35-26-13-6-5-10-24(26)11-7-8-15-29(23-31)16-19-32(20-17-29)28(33)25-12-9-14-27(30-25)34-2/h5-6,9-10,12-14H,3-4,7-8,11,15-23H2,1-2H3. The quantitative estimate of drug-likeness (QED) is 0.589. The molecule has 1 aromatic heterocycles. The van der Waals surface area contributed by atoms with Crippen molar-refractivity contribution in [2.24, 2.45) is 5.41 Å². The van der Waals surface area contributed by atoms with E-state index in [1.165, 1.54) is 37.7 Å². The molecule has 1 saturated heterocycles. The molecule has 0 radical (unpaired) electrons. The Labute approximate surface area is 210 Å². The average molecular weight is 480 g/mol. The van der Waals surface area contributed by atoms with Crippen LogP contribution in [0.3, 0.4) is 0 Å². The molecule has 1 spiro atoms. The van der Waals surface area contributed by atoms with Crippen molar-refractivity contribution in [1.29, 1.82) is 0 Å². The van der Waals surface area contributed by atoms with Gasteiger partial charge in [0.05, 0.1) is 7.11 Å². The van der Waals surface area contributed by atoms with E-state index < -0.39 is 0 Å². The fourth-order valence-corrected chi connectivity index (χ4v) is 5.56. The molecule has 0 unspecified atom stereocenters. The number of pyridine rings is 1. The van der Waals surface area contributed by atoms with Crippen molar-refractivity contribution >= 4 is 5.91 Å². The van der Waals surface area contributed by atoms with Crippen LogP contribution in [0.15, 0.2) is 42.5 Å². The van der Waals surface area contributed by atoms with Crippen LogP contribution in [0, 0.1) is 5.41 Å². The van der Waals surface area contributed by atoms with Gasteiger partial charge in [-0.1, -0.05) is 44.0 Å². The second-order valence-electron chi connectivity index (χ2n) is 10.2. The van der Waals surface area contributed by atoms with Crippen molar-refractivity contribution in [2.45, 2.75) is 58.3 Å². The number of aromatic nitrogens is 1. The van der Waals surface area contributed by atoms with Crippen molar-refractivity contribution in [3.05, 3.63) is 53.7 Å². The number of methoxy groups -OCH3 is 1. The van der Waals surface area contributed by atoms with E-state index in [4.69, 9.17) is 9.47 Å². The highest BCUT2D eigenvalue weighted by molar-refractivity contribution is 5.92. The van der Waals surface area contributed by atoms with E-state index in [1.54, 1.807) is 19.2 Å². The number of rotatable bonds is 5. The van der Waals surface area contributed by atoms with E-state index in [-0.39, 0.29) is 11.3 Å². The molecule has 0 saturated carbocycles. The van der Waals surface area contributed by atoms with Crippen molar-refractivity contribution < 1.29 is 14.3 Å². The predicted molar refractivity (Wildman–Crippen MR) is 139 cm³/mol. The normalized spacial score (nSPS) is 19.2. The van der Waals surface area contributed by atoms with Crippen LogP contribution in [0.4, 0.5) is 0 Å². The third-order valence-electron chi connectivity index (χ3n) is 7.69. The topological polar surface area (TPSA) is 54.9 Å². The highest BCUT2D eigenvalue weighted by atomic mass is 16.5. The van der Waals surface area contributed by atoms with Gasteiger partial charge in [0.25, 0.3) is 5.91 Å². The number of benzene rings is 1. The minimum absolute atomic E-state index is 0.0137. The maximum Gasteiger partial charge on any atom is 0.272 e. The number of para-hydroxylation sites is 1. The zero-order valence-electron chi connectivity index (χ0n) is 21.5. The molecule has 0 N–H and O–H groups in total. The van der Waals surface area contributed by atoms with Gasteiger partial charge < -0.3 is 14.4 Å². The number of hydrogen-bond donors (Lipinski definition) is 0. The number of carbonyl (C=O) groups excluding carboxylic acids is 1. The zero-order chi connectivity index (χ0) is 24.5. The van der Waals surface area contributed by atoms with Crippen molar-refractivity contribution in [3.63, 3.8) is 0 Å². The summed E-state index contributed by atoms with van der Waals surface area (Å²) in [4.78, 5) is 22.1. The Hall–Kier alpha value is -2.60. The largest absolute Gasteiger partial charge is 0.492 e. The second kappa shape index (κ2) is 12.4. The molecule has 6 nitrogen and oxygen atoms in total. The number of unbranched alkanes of at least 4 members (excludes halogenated alkanes) is 1. The first-order chi connectivity index (χ1) is 17.1. The summed E-state index contributed by atoms with van der Waals surface area (Å²) in [5.74, 6) is 1.55. The van der Waals surface area contributed by atoms with Crippen LogP contribution in [0.5, 0.6) is 11.6 Å². The third kappa shape index (κ3) is 6.75. The third-order valence-corrected chi connectivity index (χ3v) is 7.69. The van der Waals surface area contributed by atoms with E-state index in [0.717, 1.165) is 64.3 Å². The van der Waals surface area contributed by atoms with Gasteiger partial charge in [0, 0.05) is 32.2 Å². The first-order valence-electron chi connectivity index (χ1n) is 13.4. The van der Waals surface area contributed by atoms with Gasteiger partial charge in [0.15, 0.2) is 0 Å². The number of amides is 1. The van der Waals surface area contributed by atoms with Crippen LogP contribution in [0.1, 0.15) is 67.9 Å².